The molecular formula is C31H38ClN7O8. The van der Waals surface area contributed by atoms with Crippen LogP contribution >= 0.6 is 11.6 Å². The van der Waals surface area contributed by atoms with Crippen LogP contribution in [0.1, 0.15) is 74.2 Å². The minimum absolute atomic E-state index is 0.00220. The maximum Gasteiger partial charge on any atom is 0.511 e. The Morgan fingerprint density at radius 3 is 2.38 bits per heavy atom. The van der Waals surface area contributed by atoms with E-state index in [1.807, 2.05) is 48.5 Å². The second kappa shape index (κ2) is 18.1. The van der Waals surface area contributed by atoms with Crippen LogP contribution in [0.25, 0.3) is 22.5 Å². The molecule has 47 heavy (non-hydrogen) atoms. The monoisotopic (exact) mass is 671 g/mol. The minimum Gasteiger partial charge on any atom is -0.434 e. The van der Waals surface area contributed by atoms with Crippen LogP contribution in [-0.4, -0.2) is 77.6 Å². The van der Waals surface area contributed by atoms with Gasteiger partial charge in [0.15, 0.2) is 10.8 Å². The zero-order valence-electron chi connectivity index (χ0n) is 26.2. The summed E-state index contributed by atoms with van der Waals surface area (Å²) in [5.74, 6) is 0.342. The second-order valence-electron chi connectivity index (χ2n) is 10.5. The van der Waals surface area contributed by atoms with Crippen molar-refractivity contribution in [1.29, 1.82) is 0 Å². The van der Waals surface area contributed by atoms with Gasteiger partial charge >= 0.3 is 12.1 Å². The molecule has 0 saturated heterocycles. The summed E-state index contributed by atoms with van der Waals surface area (Å²) < 4.78 is 17.3. The Morgan fingerprint density at radius 2 is 1.70 bits per heavy atom. The summed E-state index contributed by atoms with van der Waals surface area (Å²) in [5.41, 5.74) is 3.69. The van der Waals surface area contributed by atoms with Crippen molar-refractivity contribution in [1.82, 2.24) is 35.6 Å². The van der Waals surface area contributed by atoms with Crippen LogP contribution in [-0.2, 0) is 32.0 Å². The summed E-state index contributed by atoms with van der Waals surface area (Å²) in [6, 6.07) is 15.6. The normalized spacial score (nSPS) is 11.9. The summed E-state index contributed by atoms with van der Waals surface area (Å²) in [6.07, 6.45) is 2.75. The minimum atomic E-state index is -1.25. The quantitative estimate of drug-likeness (QED) is 0.0484. The van der Waals surface area contributed by atoms with Crippen LogP contribution in [0.3, 0.4) is 0 Å². The third kappa shape index (κ3) is 10.6. The summed E-state index contributed by atoms with van der Waals surface area (Å²) >= 11 is 6.48. The summed E-state index contributed by atoms with van der Waals surface area (Å²) in [4.78, 5) is 34.4. The molecule has 2 aromatic heterocycles. The highest BCUT2D eigenvalue weighted by molar-refractivity contribution is 6.32. The molecule has 3 N–H and O–H groups in total. The van der Waals surface area contributed by atoms with Gasteiger partial charge in [0.05, 0.1) is 18.6 Å². The molecular weight excluding hydrogens is 634 g/mol. The number of aromatic amines is 1. The fourth-order valence-corrected chi connectivity index (χ4v) is 5.07. The maximum absolute atomic E-state index is 13.3. The van der Waals surface area contributed by atoms with Gasteiger partial charge in [0.1, 0.15) is 5.82 Å². The molecule has 0 amide bonds. The van der Waals surface area contributed by atoms with Gasteiger partial charge in [0.2, 0.25) is 12.1 Å². The van der Waals surface area contributed by atoms with Crippen molar-refractivity contribution < 1.29 is 39.1 Å². The van der Waals surface area contributed by atoms with Crippen molar-refractivity contribution in [3.63, 3.8) is 0 Å². The van der Waals surface area contributed by atoms with E-state index in [9.17, 15) is 9.59 Å². The average molecular weight is 672 g/mol. The molecule has 0 aliphatic rings. The van der Waals surface area contributed by atoms with Crippen LogP contribution in [0.15, 0.2) is 48.5 Å². The number of imidazole rings is 1. The number of aromatic nitrogens is 6. The van der Waals surface area contributed by atoms with Crippen LogP contribution in [0.5, 0.6) is 0 Å². The number of benzene rings is 2. The smallest absolute Gasteiger partial charge is 0.434 e. The van der Waals surface area contributed by atoms with Gasteiger partial charge < -0.3 is 18.8 Å². The third-order valence-electron chi connectivity index (χ3n) is 7.07. The maximum atomic E-state index is 13.3. The highest BCUT2D eigenvalue weighted by Crippen LogP contribution is 2.30. The number of halogens is 1. The van der Waals surface area contributed by atoms with Crippen molar-refractivity contribution in [2.45, 2.75) is 71.6 Å². The first kappa shape index (κ1) is 35.4. The van der Waals surface area contributed by atoms with Crippen molar-refractivity contribution in [3.8, 4) is 22.5 Å². The number of unbranched alkanes of at least 4 members (excludes halogenated alkanes) is 4. The lowest BCUT2D eigenvalue weighted by Gasteiger charge is -2.16. The zero-order chi connectivity index (χ0) is 33.6. The van der Waals surface area contributed by atoms with Crippen LogP contribution in [0, 0.1) is 0 Å². The number of rotatable bonds is 18. The largest absolute Gasteiger partial charge is 0.511 e. The van der Waals surface area contributed by atoms with Crippen molar-refractivity contribution >= 4 is 23.7 Å². The Balaban J connectivity index is 1.38. The van der Waals surface area contributed by atoms with Crippen molar-refractivity contribution in [2.75, 3.05) is 13.2 Å². The summed E-state index contributed by atoms with van der Waals surface area (Å²) in [6.45, 7) is 4.02. The Hall–Kier alpha value is -4.41. The third-order valence-corrected chi connectivity index (χ3v) is 7.33. The molecule has 0 aliphatic carbocycles. The molecule has 252 valence electrons. The van der Waals surface area contributed by atoms with E-state index in [-0.39, 0.29) is 29.5 Å². The summed E-state index contributed by atoms with van der Waals surface area (Å²) in [7, 11) is 0. The second-order valence-corrected chi connectivity index (χ2v) is 10.9. The Bertz CT molecular complexity index is 1560. The van der Waals surface area contributed by atoms with Crippen molar-refractivity contribution in [3.05, 3.63) is 70.8 Å². The highest BCUT2D eigenvalue weighted by Gasteiger charge is 2.26. The number of aryl methyl sites for hydroxylation is 1. The molecule has 0 radical (unpaired) electrons. The van der Waals surface area contributed by atoms with E-state index in [1.165, 1.54) is 6.92 Å². The molecule has 1 unspecified atom stereocenters. The number of esters is 1. The van der Waals surface area contributed by atoms with E-state index in [0.29, 0.717) is 37.5 Å². The zero-order valence-corrected chi connectivity index (χ0v) is 26.9. The molecule has 16 heteroatoms. The molecule has 1 atom stereocenters. The molecule has 2 heterocycles. The highest BCUT2D eigenvalue weighted by atomic mass is 35.5. The molecule has 0 spiro atoms. The number of carbonyl (C=O) groups excluding carboxylic acids is 2. The van der Waals surface area contributed by atoms with Gasteiger partial charge in [0.25, 0.3) is 0 Å². The van der Waals surface area contributed by atoms with Crippen LogP contribution in [0.2, 0.25) is 5.15 Å². The van der Waals surface area contributed by atoms with Crippen LogP contribution < -0.4 is 0 Å². The number of hydrogen-bond donors (Lipinski definition) is 3. The van der Waals surface area contributed by atoms with E-state index < -0.39 is 18.4 Å². The number of nitrogens with zero attached hydrogens (tertiary/aromatic N) is 6. The first-order chi connectivity index (χ1) is 22.8. The van der Waals surface area contributed by atoms with Crippen molar-refractivity contribution in [2.24, 2.45) is 0 Å². The predicted molar refractivity (Wildman–Crippen MR) is 167 cm³/mol. The lowest BCUT2D eigenvalue weighted by molar-refractivity contribution is -0.492. The lowest BCUT2D eigenvalue weighted by Crippen LogP contribution is -2.24. The number of nitrogens with one attached hydrogen (secondary N) is 1. The van der Waals surface area contributed by atoms with Gasteiger partial charge in [-0.1, -0.05) is 79.9 Å². The van der Waals surface area contributed by atoms with Gasteiger partial charge in [-0.2, -0.15) is 5.21 Å². The van der Waals surface area contributed by atoms with Crippen LogP contribution in [0.4, 0.5) is 4.79 Å². The van der Waals surface area contributed by atoms with Gasteiger partial charge in [-0.15, -0.1) is 10.2 Å². The Labute approximate surface area is 276 Å². The fraction of sp³-hybridized carbons (Fsp3) is 0.419. The average Bonchev–Trinajstić information content (AvgIpc) is 3.69. The van der Waals surface area contributed by atoms with E-state index in [2.05, 4.69) is 37.4 Å². The lowest BCUT2D eigenvalue weighted by atomic mass is 9.98. The first-order valence-corrected chi connectivity index (χ1v) is 15.7. The topological polar surface area (TPSA) is 187 Å². The van der Waals surface area contributed by atoms with E-state index in [4.69, 9.17) is 36.2 Å². The Morgan fingerprint density at radius 1 is 0.979 bits per heavy atom. The molecule has 0 aliphatic heterocycles. The Kier molecular flexibility index (Phi) is 13.6. The fourth-order valence-electron chi connectivity index (χ4n) is 4.80. The van der Waals surface area contributed by atoms with Gasteiger partial charge in [0, 0.05) is 25.5 Å². The van der Waals surface area contributed by atoms with Gasteiger partial charge in [-0.25, -0.2) is 14.6 Å². The molecule has 4 aromatic rings. The summed E-state index contributed by atoms with van der Waals surface area (Å²) in [5, 5.41) is 31.0. The van der Waals surface area contributed by atoms with E-state index in [0.717, 1.165) is 47.9 Å². The number of hydrogen-bond acceptors (Lipinski definition) is 13. The van der Waals surface area contributed by atoms with Gasteiger partial charge in [-0.3, -0.25) is 15.3 Å². The molecule has 15 nitrogen and oxygen atoms in total. The molecule has 0 fully saturated rings. The number of ether oxygens (including phenoxy) is 3. The predicted octanol–water partition coefficient (Wildman–Crippen LogP) is 6.00. The van der Waals surface area contributed by atoms with E-state index >= 15 is 0 Å². The molecule has 0 bridgehead atoms. The van der Waals surface area contributed by atoms with Gasteiger partial charge in [-0.05, 0) is 47.6 Å². The SMILES string of the molecule is CCCCc1nc(Cl)c(C(=O)OC(C)OC(=O)OCCCCCCON(O)O)n1Cc1ccc(-c2ccccc2-c2nn[nH]n2)cc1. The van der Waals surface area contributed by atoms with E-state index in [1.54, 1.807) is 4.57 Å². The number of tetrazole rings is 1. The number of carbonyl (C=O) groups is 2. The molecule has 4 rings (SSSR count). The number of H-pyrrole nitrogens is 1. The first-order valence-electron chi connectivity index (χ1n) is 15.3. The molecule has 0 saturated carbocycles. The molecule has 2 aromatic carbocycles. The standard InChI is InChI=1S/C31H38ClN7O8/c1-3-4-13-26-33-28(32)27(30(40)46-21(2)47-31(41)44-18-9-5-6-10-19-45-39(42)43)38(26)20-22-14-16-23(17-15-22)24-11-7-8-12-25(24)29-34-36-37-35-29/h7-8,11-12,14-17,21,42-43H,3-6,9-10,13,18-20H2,1-2H3,(H,34,35,36,37).